The second-order valence-corrected chi connectivity index (χ2v) is 23.6. The number of imide groups is 1. The van der Waals surface area contributed by atoms with Crippen LogP contribution in [0.4, 0.5) is 0 Å². The Labute approximate surface area is 515 Å². The van der Waals surface area contributed by atoms with Gasteiger partial charge in [0, 0.05) is 74.4 Å². The first-order valence-corrected chi connectivity index (χ1v) is 29.9. The number of hydrogen-bond donors (Lipinski definition) is 14. The number of fused-ring (bicyclic) bond motifs is 1. The number of aliphatic imine (C=N–C) groups is 1. The number of imidazole rings is 1. The number of aliphatic hydroxyl groups is 1. The number of likely N-dealkylation sites (N-methyl/N-ethyl adjacent to an activating group) is 1. The summed E-state index contributed by atoms with van der Waals surface area (Å²) in [4.78, 5) is 157. The number of nitrogens with two attached hydrogens (primary N) is 3. The zero-order chi connectivity index (χ0) is 65.1. The molecule has 2 saturated heterocycles. The number of H-pyrrole nitrogens is 2. The molecule has 4 aromatic rings. The summed E-state index contributed by atoms with van der Waals surface area (Å²) in [5.74, 6) is -8.27. The zero-order valence-corrected chi connectivity index (χ0v) is 51.1. The Kier molecular flexibility index (Phi) is 25.3. The lowest BCUT2D eigenvalue weighted by atomic mass is 10.0. The summed E-state index contributed by atoms with van der Waals surface area (Å²) in [5, 5.41) is 40.0. The number of para-hydroxylation sites is 1. The number of carbonyl (C=O) groups is 10. The van der Waals surface area contributed by atoms with Gasteiger partial charge < -0.3 is 78.9 Å². The molecular formula is C60H86N16O13. The molecule has 2 aliphatic heterocycles. The van der Waals surface area contributed by atoms with Gasteiger partial charge in [0.25, 0.3) is 11.8 Å². The SMILES string of the molecule is CCN(C(=O)[C@H](Cc1cnc[nH]1)NC(=O)[C@H]1NCCC1=O)C(=O)[C@@H]1CCCN1C(=O)[C@H](CCCN=C(N)N)NC(=O)[C@H](CC(C)C)NC(=O)[C@@H](COC(C)(C)C)NC(=O)[C@H](Cc1ccc(O)cc1)NC(=O)[C@H](CO)NC(=O)[C@@H](N)Cc1c[nH]c2ccccc12. The second kappa shape index (κ2) is 32.4. The minimum Gasteiger partial charge on any atom is -0.508 e. The number of guanidine groups is 1. The van der Waals surface area contributed by atoms with Gasteiger partial charge in [-0.15, -0.1) is 0 Å². The first-order chi connectivity index (χ1) is 42.3. The van der Waals surface area contributed by atoms with Crippen LogP contribution in [0, 0.1) is 5.92 Å². The van der Waals surface area contributed by atoms with Crippen LogP contribution in [0.25, 0.3) is 10.9 Å². The number of nitrogens with one attached hydrogen (secondary N) is 9. The van der Waals surface area contributed by atoms with Crippen molar-refractivity contribution in [2.75, 3.05) is 39.4 Å². The molecule has 0 radical (unpaired) electrons. The Morgan fingerprint density at radius 2 is 1.47 bits per heavy atom. The fraction of sp³-hybridized carbons (Fsp3) is 0.533. The van der Waals surface area contributed by atoms with Gasteiger partial charge in [0.05, 0.1) is 31.2 Å². The highest BCUT2D eigenvalue weighted by atomic mass is 16.5. The summed E-state index contributed by atoms with van der Waals surface area (Å²) < 4.78 is 6.03. The van der Waals surface area contributed by atoms with Crippen molar-refractivity contribution in [3.63, 3.8) is 0 Å². The number of aromatic hydroxyl groups is 1. The van der Waals surface area contributed by atoms with Crippen LogP contribution < -0.4 is 54.4 Å². The number of aromatic nitrogens is 3. The number of Topliss-reactive ketones (excluding diaryl/α,β-unsaturated/α-hetero) is 1. The summed E-state index contributed by atoms with van der Waals surface area (Å²) in [5.41, 5.74) is 19.1. The highest BCUT2D eigenvalue weighted by molar-refractivity contribution is 6.09. The number of amides is 9. The lowest BCUT2D eigenvalue weighted by Gasteiger charge is -2.33. The van der Waals surface area contributed by atoms with E-state index in [1.54, 1.807) is 47.7 Å². The Balaban J connectivity index is 1.21. The Morgan fingerprint density at radius 3 is 2.11 bits per heavy atom. The highest BCUT2D eigenvalue weighted by Gasteiger charge is 2.43. The molecule has 2 fully saturated rings. The molecule has 9 amide bonds. The van der Waals surface area contributed by atoms with Crippen molar-refractivity contribution in [1.29, 1.82) is 0 Å². The van der Waals surface area contributed by atoms with E-state index in [0.717, 1.165) is 21.4 Å². The van der Waals surface area contributed by atoms with Crippen molar-refractivity contribution in [2.24, 2.45) is 28.1 Å². The lowest BCUT2D eigenvalue weighted by Crippen LogP contribution is -2.61. The van der Waals surface area contributed by atoms with E-state index in [1.807, 2.05) is 24.3 Å². The highest BCUT2D eigenvalue weighted by Crippen LogP contribution is 2.24. The number of phenolic OH excluding ortho intramolecular Hbond substituents is 1. The molecule has 2 aromatic heterocycles. The number of nitrogens with zero attached hydrogens (tertiary/aromatic N) is 4. The molecule has 484 valence electrons. The largest absolute Gasteiger partial charge is 0.508 e. The van der Waals surface area contributed by atoms with Crippen LogP contribution in [-0.2, 0) is 71.9 Å². The minimum atomic E-state index is -1.59. The van der Waals surface area contributed by atoms with Gasteiger partial charge in [-0.05, 0) is 101 Å². The fourth-order valence-electron chi connectivity index (χ4n) is 10.4. The Bertz CT molecular complexity index is 3140. The number of ketones is 1. The van der Waals surface area contributed by atoms with Crippen LogP contribution in [0.2, 0.25) is 0 Å². The van der Waals surface area contributed by atoms with Gasteiger partial charge >= 0.3 is 0 Å². The van der Waals surface area contributed by atoms with Crippen molar-refractivity contribution in [3.05, 3.63) is 84.1 Å². The zero-order valence-electron chi connectivity index (χ0n) is 51.1. The summed E-state index contributed by atoms with van der Waals surface area (Å²) in [6.45, 7) is 9.13. The van der Waals surface area contributed by atoms with Crippen LogP contribution in [-0.4, -0.2) is 199 Å². The molecule has 17 N–H and O–H groups in total. The molecule has 0 unspecified atom stereocenters. The van der Waals surface area contributed by atoms with Gasteiger partial charge in [0.2, 0.25) is 41.4 Å². The van der Waals surface area contributed by atoms with E-state index in [1.165, 1.54) is 41.7 Å². The number of likely N-dealkylation sites (tertiary alicyclic amines) is 1. The average molecular weight is 1240 g/mol. The third-order valence-corrected chi connectivity index (χ3v) is 15.1. The number of carbonyl (C=O) groups excluding carboxylic acids is 10. The Hall–Kier alpha value is -8.80. The van der Waals surface area contributed by atoms with E-state index in [4.69, 9.17) is 21.9 Å². The lowest BCUT2D eigenvalue weighted by molar-refractivity contribution is -0.153. The number of ether oxygens (including phenoxy) is 1. The molecule has 0 aliphatic carbocycles. The van der Waals surface area contributed by atoms with E-state index < -0.39 is 126 Å². The van der Waals surface area contributed by atoms with E-state index in [9.17, 15) is 58.2 Å². The number of phenols is 1. The molecule has 2 aliphatic rings. The Morgan fingerprint density at radius 1 is 0.820 bits per heavy atom. The monoisotopic (exact) mass is 1240 g/mol. The molecule has 29 heteroatoms. The minimum absolute atomic E-state index is 0.00609. The number of rotatable bonds is 31. The first-order valence-electron chi connectivity index (χ1n) is 29.9. The number of hydrogen-bond acceptors (Lipinski definition) is 17. The third kappa shape index (κ3) is 20.1. The molecule has 89 heavy (non-hydrogen) atoms. The van der Waals surface area contributed by atoms with Gasteiger partial charge in [0.15, 0.2) is 11.7 Å². The van der Waals surface area contributed by atoms with Crippen LogP contribution in [0.5, 0.6) is 5.75 Å². The van der Waals surface area contributed by atoms with Crippen LogP contribution in [0.15, 0.2) is 72.2 Å². The van der Waals surface area contributed by atoms with Gasteiger partial charge in [-0.2, -0.15) is 0 Å². The third-order valence-electron chi connectivity index (χ3n) is 15.1. The van der Waals surface area contributed by atoms with Crippen LogP contribution in [0.1, 0.15) is 96.9 Å². The van der Waals surface area contributed by atoms with E-state index in [2.05, 4.69) is 57.2 Å². The molecule has 0 saturated carbocycles. The number of aliphatic hydroxyl groups excluding tert-OH is 1. The maximum Gasteiger partial charge on any atom is 0.252 e. The number of benzene rings is 2. The van der Waals surface area contributed by atoms with E-state index in [-0.39, 0.29) is 101 Å². The summed E-state index contributed by atoms with van der Waals surface area (Å²) >= 11 is 0. The molecule has 0 bridgehead atoms. The van der Waals surface area contributed by atoms with Crippen molar-refractivity contribution < 1.29 is 62.9 Å². The molecule has 0 spiro atoms. The van der Waals surface area contributed by atoms with Crippen molar-refractivity contribution in [3.8, 4) is 5.75 Å². The normalized spacial score (nSPS) is 17.3. The maximum atomic E-state index is 14.9. The van der Waals surface area contributed by atoms with Crippen molar-refractivity contribution in [2.45, 2.75) is 159 Å². The smallest absolute Gasteiger partial charge is 0.252 e. The maximum absolute atomic E-state index is 14.9. The van der Waals surface area contributed by atoms with Gasteiger partial charge in [-0.3, -0.25) is 63.2 Å². The molecule has 6 rings (SSSR count). The quantitative estimate of drug-likeness (QED) is 0.0113. The summed E-state index contributed by atoms with van der Waals surface area (Å²) in [6.07, 6.45) is 4.99. The molecule has 29 nitrogen and oxygen atoms in total. The first kappa shape index (κ1) is 69.3. The average Bonchev–Trinajstić information content (AvgIpc) is 2.63. The molecule has 9 atom stereocenters. The van der Waals surface area contributed by atoms with E-state index >= 15 is 0 Å². The summed E-state index contributed by atoms with van der Waals surface area (Å²) in [6, 6.07) is 0.930. The molecule has 2 aromatic carbocycles. The van der Waals surface area contributed by atoms with Crippen LogP contribution >= 0.6 is 0 Å². The topological polar surface area (TPSA) is 446 Å². The van der Waals surface area contributed by atoms with Gasteiger partial charge in [-0.1, -0.05) is 44.2 Å². The predicted octanol–water partition coefficient (Wildman–Crippen LogP) is -1.94. The fourth-order valence-corrected chi connectivity index (χ4v) is 10.4. The summed E-state index contributed by atoms with van der Waals surface area (Å²) in [7, 11) is 0. The van der Waals surface area contributed by atoms with Crippen molar-refractivity contribution in [1.82, 2.24) is 62.0 Å². The van der Waals surface area contributed by atoms with Gasteiger partial charge in [-0.25, -0.2) is 4.98 Å². The van der Waals surface area contributed by atoms with E-state index in [0.29, 0.717) is 17.7 Å². The van der Waals surface area contributed by atoms with Crippen molar-refractivity contribution >= 4 is 75.8 Å². The molecular weight excluding hydrogens is 1150 g/mol. The van der Waals surface area contributed by atoms with Crippen LogP contribution in [0.3, 0.4) is 0 Å². The van der Waals surface area contributed by atoms with Gasteiger partial charge in [0.1, 0.15) is 54.1 Å². The second-order valence-electron chi connectivity index (χ2n) is 23.6. The standard InChI is InChI=1S/C60H86N16O13/c1-7-75(57(87)44(27-36-29-64-32-68-36)72-55(85)49-48(79)20-22-65-49)58(88)47-15-11-23-76(47)56(86)41(14-10-21-66-59(62)63)69-51(81)42(24-33(2)3)70-54(84)46(31-89-60(4,5)6)74-52(82)43(25-34-16-18-37(78)19-17-34)71-53(83)45(30-77)73-50(80)39(61)26-35-28-67-40-13-9-8-12-38(35)40/h8-9,12-13,16-19,28-29,32-33,39,41-47,49,65,67,77-78H,7,10-11,14-15,20-27,30-31,61H2,1-6H3,(H,64,68)(H,69,81)(H,70,84)(H,71,83)(H,72,85)(H,73,80)(H,74,82)(H4,62,63,66)/t39-,41-,42-,43-,44-,45-,46+,47-,49-/m0/s1. The number of aromatic amines is 2. The molecule has 4 heterocycles. The predicted molar refractivity (Wildman–Crippen MR) is 326 cm³/mol.